The predicted octanol–water partition coefficient (Wildman–Crippen LogP) is 1.91. The monoisotopic (exact) mass is 171 g/mol. The average Bonchev–Trinajstić information content (AvgIpc) is 2.35. The van der Waals surface area contributed by atoms with Gasteiger partial charge in [-0.1, -0.05) is 6.92 Å². The van der Waals surface area contributed by atoms with Crippen LogP contribution in [0.2, 0.25) is 0 Å². The van der Waals surface area contributed by atoms with Crippen LogP contribution in [-0.4, -0.2) is 23.6 Å². The van der Waals surface area contributed by atoms with Crippen LogP contribution in [0, 0.1) is 0 Å². The highest BCUT2D eigenvalue weighted by molar-refractivity contribution is 7.13. The van der Waals surface area contributed by atoms with Gasteiger partial charge in [-0.2, -0.15) is 0 Å². The number of thiophene rings is 1. The average molecular weight is 171 g/mol. The first-order chi connectivity index (χ1) is 5.22. The Hall–Kier alpha value is -0.540. The van der Waals surface area contributed by atoms with Crippen molar-refractivity contribution < 1.29 is 5.11 Å². The first-order valence-corrected chi connectivity index (χ1v) is 4.50. The van der Waals surface area contributed by atoms with Crippen molar-refractivity contribution in [3.8, 4) is 5.06 Å². The smallest absolute Gasteiger partial charge is 0.171 e. The van der Waals surface area contributed by atoms with Crippen LogP contribution in [0.15, 0.2) is 12.1 Å². The maximum Gasteiger partial charge on any atom is 0.171 e. The van der Waals surface area contributed by atoms with E-state index in [0.29, 0.717) is 5.06 Å². The van der Waals surface area contributed by atoms with E-state index in [9.17, 15) is 0 Å². The van der Waals surface area contributed by atoms with Crippen LogP contribution in [0.3, 0.4) is 0 Å². The molecule has 0 aliphatic carbocycles. The molecule has 11 heavy (non-hydrogen) atoms. The van der Waals surface area contributed by atoms with Gasteiger partial charge in [-0.05, 0) is 25.7 Å². The number of hydrogen-bond acceptors (Lipinski definition) is 3. The predicted molar refractivity (Wildman–Crippen MR) is 48.0 cm³/mol. The third-order valence-corrected chi connectivity index (χ3v) is 2.49. The number of hydrogen-bond donors (Lipinski definition) is 1. The third-order valence-electron chi connectivity index (χ3n) is 1.61. The van der Waals surface area contributed by atoms with Gasteiger partial charge >= 0.3 is 0 Å². The van der Waals surface area contributed by atoms with Gasteiger partial charge in [0.2, 0.25) is 0 Å². The molecule has 0 aliphatic rings. The van der Waals surface area contributed by atoms with Gasteiger partial charge < -0.3 is 10.0 Å². The Kier molecular flexibility index (Phi) is 2.91. The largest absolute Gasteiger partial charge is 0.499 e. The second-order valence-corrected chi connectivity index (χ2v) is 3.72. The van der Waals surface area contributed by atoms with Gasteiger partial charge in [0.1, 0.15) is 0 Å². The van der Waals surface area contributed by atoms with Crippen molar-refractivity contribution in [2.45, 2.75) is 13.5 Å². The van der Waals surface area contributed by atoms with E-state index in [0.717, 1.165) is 13.1 Å². The number of rotatable bonds is 3. The molecule has 0 radical (unpaired) electrons. The minimum atomic E-state index is 0.407. The molecule has 3 heteroatoms. The zero-order valence-electron chi connectivity index (χ0n) is 6.87. The molecule has 2 nitrogen and oxygen atoms in total. The maximum atomic E-state index is 9.04. The molecular formula is C8H13NOS. The molecule has 1 N–H and O–H groups in total. The highest BCUT2D eigenvalue weighted by Gasteiger charge is 2.00. The summed E-state index contributed by atoms with van der Waals surface area (Å²) in [6.45, 7) is 4.09. The summed E-state index contributed by atoms with van der Waals surface area (Å²) < 4.78 is 0. The molecule has 0 aromatic carbocycles. The molecule has 0 saturated carbocycles. The molecule has 0 atom stereocenters. The fourth-order valence-corrected chi connectivity index (χ4v) is 1.66. The van der Waals surface area contributed by atoms with Gasteiger partial charge in [0.15, 0.2) is 5.06 Å². The van der Waals surface area contributed by atoms with Crippen molar-refractivity contribution in [3.05, 3.63) is 17.0 Å². The third kappa shape index (κ3) is 2.52. The minimum Gasteiger partial charge on any atom is -0.499 e. The quantitative estimate of drug-likeness (QED) is 0.751. The Morgan fingerprint density at radius 1 is 1.55 bits per heavy atom. The van der Waals surface area contributed by atoms with Gasteiger partial charge in [0, 0.05) is 11.4 Å². The molecule has 0 bridgehead atoms. The van der Waals surface area contributed by atoms with Gasteiger partial charge in [0.25, 0.3) is 0 Å². The van der Waals surface area contributed by atoms with Crippen LogP contribution in [0.4, 0.5) is 0 Å². The van der Waals surface area contributed by atoms with Gasteiger partial charge in [0.05, 0.1) is 0 Å². The van der Waals surface area contributed by atoms with Crippen molar-refractivity contribution >= 4 is 11.3 Å². The lowest BCUT2D eigenvalue weighted by Crippen LogP contribution is -2.15. The molecule has 1 aromatic heterocycles. The molecule has 0 unspecified atom stereocenters. The van der Waals surface area contributed by atoms with E-state index in [-0.39, 0.29) is 0 Å². The highest BCUT2D eigenvalue weighted by Crippen LogP contribution is 2.23. The zero-order valence-corrected chi connectivity index (χ0v) is 7.69. The van der Waals surface area contributed by atoms with E-state index in [1.165, 1.54) is 16.2 Å². The van der Waals surface area contributed by atoms with Crippen molar-refractivity contribution in [3.63, 3.8) is 0 Å². The summed E-state index contributed by atoms with van der Waals surface area (Å²) in [5.74, 6) is 0. The Bertz CT molecular complexity index is 222. The summed E-state index contributed by atoms with van der Waals surface area (Å²) in [5.41, 5.74) is 0. The molecule has 1 aromatic rings. The van der Waals surface area contributed by atoms with Crippen LogP contribution >= 0.6 is 11.3 Å². The summed E-state index contributed by atoms with van der Waals surface area (Å²) in [6.07, 6.45) is 0. The summed E-state index contributed by atoms with van der Waals surface area (Å²) in [4.78, 5) is 3.41. The SMILES string of the molecule is CCN(C)Cc1ccc(O)s1. The molecule has 1 rings (SSSR count). The van der Waals surface area contributed by atoms with Gasteiger partial charge in [-0.3, -0.25) is 0 Å². The van der Waals surface area contributed by atoms with Crippen LogP contribution in [0.5, 0.6) is 5.06 Å². The second-order valence-electron chi connectivity index (χ2n) is 2.57. The van der Waals surface area contributed by atoms with Gasteiger partial charge in [-0.15, -0.1) is 11.3 Å². The summed E-state index contributed by atoms with van der Waals surface area (Å²) in [6, 6.07) is 3.70. The second kappa shape index (κ2) is 3.74. The minimum absolute atomic E-state index is 0.407. The summed E-state index contributed by atoms with van der Waals surface area (Å²) in [7, 11) is 2.07. The molecule has 0 amide bonds. The highest BCUT2D eigenvalue weighted by atomic mass is 32.1. The Labute approximate surface area is 71.1 Å². The molecule has 0 fully saturated rings. The molecule has 0 saturated heterocycles. The fourth-order valence-electron chi connectivity index (χ4n) is 0.829. The topological polar surface area (TPSA) is 23.5 Å². The van der Waals surface area contributed by atoms with Crippen LogP contribution in [-0.2, 0) is 6.54 Å². The molecule has 62 valence electrons. The standard InChI is InChI=1S/C8H13NOS/c1-3-9(2)6-7-4-5-8(10)11-7/h4-5,10H,3,6H2,1-2H3. The molecule has 0 aliphatic heterocycles. The first-order valence-electron chi connectivity index (χ1n) is 3.68. The van der Waals surface area contributed by atoms with E-state index in [1.807, 2.05) is 6.07 Å². The summed E-state index contributed by atoms with van der Waals surface area (Å²) in [5, 5.41) is 9.45. The number of aromatic hydroxyl groups is 1. The molecule has 0 spiro atoms. The van der Waals surface area contributed by atoms with Crippen LogP contribution < -0.4 is 0 Å². The van der Waals surface area contributed by atoms with Crippen molar-refractivity contribution in [2.24, 2.45) is 0 Å². The van der Waals surface area contributed by atoms with E-state index in [2.05, 4.69) is 18.9 Å². The van der Waals surface area contributed by atoms with E-state index in [4.69, 9.17) is 5.11 Å². The van der Waals surface area contributed by atoms with Gasteiger partial charge in [-0.25, -0.2) is 0 Å². The van der Waals surface area contributed by atoms with E-state index in [1.54, 1.807) is 6.07 Å². The Morgan fingerprint density at radius 2 is 2.27 bits per heavy atom. The van der Waals surface area contributed by atoms with Crippen molar-refractivity contribution in [2.75, 3.05) is 13.6 Å². The first kappa shape index (κ1) is 8.56. The lowest BCUT2D eigenvalue weighted by molar-refractivity contribution is 0.349. The summed E-state index contributed by atoms with van der Waals surface area (Å²) >= 11 is 1.45. The van der Waals surface area contributed by atoms with Crippen molar-refractivity contribution in [1.82, 2.24) is 4.90 Å². The maximum absolute atomic E-state index is 9.04. The normalized spacial score (nSPS) is 10.8. The van der Waals surface area contributed by atoms with E-state index >= 15 is 0 Å². The molecule has 1 heterocycles. The Balaban J connectivity index is 2.50. The van der Waals surface area contributed by atoms with Crippen LogP contribution in [0.1, 0.15) is 11.8 Å². The zero-order chi connectivity index (χ0) is 8.27. The van der Waals surface area contributed by atoms with Crippen molar-refractivity contribution in [1.29, 1.82) is 0 Å². The number of nitrogens with zero attached hydrogens (tertiary/aromatic N) is 1. The van der Waals surface area contributed by atoms with E-state index < -0.39 is 0 Å². The lowest BCUT2D eigenvalue weighted by Gasteiger charge is -2.11. The Morgan fingerprint density at radius 3 is 2.73 bits per heavy atom. The lowest BCUT2D eigenvalue weighted by atomic mass is 10.4. The molecular weight excluding hydrogens is 158 g/mol. The van der Waals surface area contributed by atoms with Crippen LogP contribution in [0.25, 0.3) is 0 Å². The fraction of sp³-hybridized carbons (Fsp3) is 0.500.